The van der Waals surface area contributed by atoms with E-state index in [0.29, 0.717) is 5.92 Å². The van der Waals surface area contributed by atoms with Gasteiger partial charge in [0, 0.05) is 6.20 Å². The second-order valence-corrected chi connectivity index (χ2v) is 4.20. The number of rotatable bonds is 3. The van der Waals surface area contributed by atoms with Crippen molar-refractivity contribution in [3.63, 3.8) is 0 Å². The molecule has 1 heterocycles. The van der Waals surface area contributed by atoms with Crippen molar-refractivity contribution in [1.29, 1.82) is 5.26 Å². The van der Waals surface area contributed by atoms with Crippen molar-refractivity contribution in [2.75, 3.05) is 0 Å². The summed E-state index contributed by atoms with van der Waals surface area (Å²) in [5.74, 6) is 0.512. The van der Waals surface area contributed by atoms with Gasteiger partial charge in [0.25, 0.3) is 0 Å². The van der Waals surface area contributed by atoms with Crippen molar-refractivity contribution in [3.8, 4) is 6.07 Å². The van der Waals surface area contributed by atoms with E-state index in [1.165, 1.54) is 5.56 Å². The van der Waals surface area contributed by atoms with Gasteiger partial charge >= 0.3 is 0 Å². The monoisotopic (exact) mass is 191 g/mol. The first-order chi connectivity index (χ1) is 6.51. The molecule has 0 fully saturated rings. The fraction of sp³-hybridized carbons (Fsp3) is 0.636. The minimum absolute atomic E-state index is 0.512. The van der Waals surface area contributed by atoms with Crippen LogP contribution in [-0.2, 0) is 5.54 Å². The molecule has 0 spiro atoms. The molecule has 1 rings (SSSR count). The van der Waals surface area contributed by atoms with Crippen LogP contribution in [0.2, 0.25) is 0 Å². The lowest BCUT2D eigenvalue weighted by Crippen LogP contribution is -2.24. The topological polar surface area (TPSA) is 41.6 Å². The SMILES string of the molecule is CCC(C)c1cnn(C(C)(C)C#N)c1. The Balaban J connectivity index is 2.95. The van der Waals surface area contributed by atoms with Gasteiger partial charge in [-0.2, -0.15) is 10.4 Å². The van der Waals surface area contributed by atoms with Crippen LogP contribution < -0.4 is 0 Å². The average Bonchev–Trinajstić information content (AvgIpc) is 2.66. The fourth-order valence-corrected chi connectivity index (χ4v) is 1.18. The molecule has 0 radical (unpaired) electrons. The van der Waals surface area contributed by atoms with Gasteiger partial charge in [-0.15, -0.1) is 0 Å². The van der Waals surface area contributed by atoms with Gasteiger partial charge in [-0.1, -0.05) is 13.8 Å². The summed E-state index contributed by atoms with van der Waals surface area (Å²) < 4.78 is 1.73. The van der Waals surface area contributed by atoms with Gasteiger partial charge in [-0.3, -0.25) is 4.68 Å². The Morgan fingerprint density at radius 1 is 1.64 bits per heavy atom. The Bertz CT molecular complexity index is 344. The normalized spacial score (nSPS) is 13.6. The predicted octanol–water partition coefficient (Wildman–Crippen LogP) is 2.66. The van der Waals surface area contributed by atoms with Gasteiger partial charge in [-0.25, -0.2) is 0 Å². The molecule has 3 nitrogen and oxygen atoms in total. The first-order valence-corrected chi connectivity index (χ1v) is 4.97. The molecule has 76 valence electrons. The second kappa shape index (κ2) is 3.83. The van der Waals surface area contributed by atoms with Crippen LogP contribution in [0, 0.1) is 11.3 Å². The number of nitriles is 1. The average molecular weight is 191 g/mol. The maximum Gasteiger partial charge on any atom is 0.143 e. The van der Waals surface area contributed by atoms with E-state index in [2.05, 4.69) is 25.0 Å². The second-order valence-electron chi connectivity index (χ2n) is 4.20. The molecule has 0 aliphatic rings. The zero-order chi connectivity index (χ0) is 10.8. The van der Waals surface area contributed by atoms with E-state index >= 15 is 0 Å². The standard InChI is InChI=1S/C11H17N3/c1-5-9(2)10-6-13-14(7-10)11(3,4)8-12/h6-7,9H,5H2,1-4H3. The Morgan fingerprint density at radius 2 is 2.29 bits per heavy atom. The lowest BCUT2D eigenvalue weighted by Gasteiger charge is -2.15. The van der Waals surface area contributed by atoms with E-state index < -0.39 is 5.54 Å². The van der Waals surface area contributed by atoms with Crippen molar-refractivity contribution in [2.24, 2.45) is 0 Å². The van der Waals surface area contributed by atoms with Crippen LogP contribution in [0.4, 0.5) is 0 Å². The van der Waals surface area contributed by atoms with Gasteiger partial charge in [-0.05, 0) is 31.7 Å². The Labute approximate surface area is 85.4 Å². The summed E-state index contributed by atoms with van der Waals surface area (Å²) in [5.41, 5.74) is 0.655. The molecule has 0 saturated carbocycles. The molecule has 3 heteroatoms. The summed E-state index contributed by atoms with van der Waals surface area (Å²) in [6.07, 6.45) is 4.92. The van der Waals surface area contributed by atoms with Gasteiger partial charge < -0.3 is 0 Å². The van der Waals surface area contributed by atoms with Crippen LogP contribution in [0.25, 0.3) is 0 Å². The third kappa shape index (κ3) is 1.95. The molecule has 0 saturated heterocycles. The van der Waals surface area contributed by atoms with Crippen molar-refractivity contribution in [3.05, 3.63) is 18.0 Å². The van der Waals surface area contributed by atoms with Gasteiger partial charge in [0.05, 0.1) is 12.3 Å². The number of hydrogen-bond acceptors (Lipinski definition) is 2. The quantitative estimate of drug-likeness (QED) is 0.737. The maximum atomic E-state index is 8.94. The van der Waals surface area contributed by atoms with E-state index in [-0.39, 0.29) is 0 Å². The first kappa shape index (κ1) is 10.8. The fourth-order valence-electron chi connectivity index (χ4n) is 1.18. The number of hydrogen-bond donors (Lipinski definition) is 0. The van der Waals surface area contributed by atoms with E-state index in [1.807, 2.05) is 26.2 Å². The Morgan fingerprint density at radius 3 is 2.79 bits per heavy atom. The molecule has 0 aromatic carbocycles. The molecule has 1 aromatic heterocycles. The van der Waals surface area contributed by atoms with E-state index in [0.717, 1.165) is 6.42 Å². The summed E-state index contributed by atoms with van der Waals surface area (Å²) >= 11 is 0. The lowest BCUT2D eigenvalue weighted by molar-refractivity contribution is 0.418. The Hall–Kier alpha value is -1.30. The van der Waals surface area contributed by atoms with E-state index in [4.69, 9.17) is 5.26 Å². The van der Waals surface area contributed by atoms with Crippen LogP contribution in [-0.4, -0.2) is 9.78 Å². The van der Waals surface area contributed by atoms with Crippen molar-refractivity contribution < 1.29 is 0 Å². The summed E-state index contributed by atoms with van der Waals surface area (Å²) in [7, 11) is 0. The van der Waals surface area contributed by atoms with E-state index in [1.54, 1.807) is 4.68 Å². The number of aromatic nitrogens is 2. The highest BCUT2D eigenvalue weighted by Crippen LogP contribution is 2.20. The molecule has 0 bridgehead atoms. The van der Waals surface area contributed by atoms with Crippen LogP contribution in [0.1, 0.15) is 45.6 Å². The summed E-state index contributed by atoms with van der Waals surface area (Å²) in [6.45, 7) is 8.04. The minimum Gasteiger partial charge on any atom is -0.253 e. The van der Waals surface area contributed by atoms with E-state index in [9.17, 15) is 0 Å². The highest BCUT2D eigenvalue weighted by Gasteiger charge is 2.20. The molecule has 1 unspecified atom stereocenters. The third-order valence-corrected chi connectivity index (χ3v) is 2.63. The molecule has 0 aliphatic carbocycles. The summed E-state index contributed by atoms with van der Waals surface area (Å²) in [5, 5.41) is 13.2. The predicted molar refractivity (Wildman–Crippen MR) is 55.9 cm³/mol. The van der Waals surface area contributed by atoms with Crippen LogP contribution in [0.5, 0.6) is 0 Å². The van der Waals surface area contributed by atoms with Crippen LogP contribution >= 0.6 is 0 Å². The third-order valence-electron chi connectivity index (χ3n) is 2.63. The van der Waals surface area contributed by atoms with Crippen LogP contribution in [0.15, 0.2) is 12.4 Å². The zero-order valence-electron chi connectivity index (χ0n) is 9.28. The molecule has 1 aromatic rings. The molecular weight excluding hydrogens is 174 g/mol. The molecular formula is C11H17N3. The van der Waals surface area contributed by atoms with Crippen molar-refractivity contribution in [2.45, 2.75) is 45.6 Å². The van der Waals surface area contributed by atoms with Gasteiger partial charge in [0.1, 0.15) is 5.54 Å². The molecule has 1 atom stereocenters. The molecule has 14 heavy (non-hydrogen) atoms. The van der Waals surface area contributed by atoms with Crippen molar-refractivity contribution in [1.82, 2.24) is 9.78 Å². The smallest absolute Gasteiger partial charge is 0.143 e. The minimum atomic E-state index is -0.550. The highest BCUT2D eigenvalue weighted by atomic mass is 15.3. The largest absolute Gasteiger partial charge is 0.253 e. The molecule has 0 N–H and O–H groups in total. The van der Waals surface area contributed by atoms with Crippen molar-refractivity contribution >= 4 is 0 Å². The maximum absolute atomic E-state index is 8.94. The summed E-state index contributed by atoms with van der Waals surface area (Å²) in [4.78, 5) is 0. The Kier molecular flexibility index (Phi) is 2.95. The zero-order valence-corrected chi connectivity index (χ0v) is 9.28. The van der Waals surface area contributed by atoms with Gasteiger partial charge in [0.2, 0.25) is 0 Å². The first-order valence-electron chi connectivity index (χ1n) is 4.97. The van der Waals surface area contributed by atoms with Crippen LogP contribution in [0.3, 0.4) is 0 Å². The lowest BCUT2D eigenvalue weighted by atomic mass is 10.0. The molecule has 0 aliphatic heterocycles. The molecule has 0 amide bonds. The summed E-state index contributed by atoms with van der Waals surface area (Å²) in [6, 6.07) is 2.23. The highest BCUT2D eigenvalue weighted by molar-refractivity contribution is 5.13. The number of nitrogens with zero attached hydrogens (tertiary/aromatic N) is 3. The van der Waals surface area contributed by atoms with Gasteiger partial charge in [0.15, 0.2) is 0 Å².